The van der Waals surface area contributed by atoms with Gasteiger partial charge in [-0.1, -0.05) is 60.7 Å². The molecule has 0 unspecified atom stereocenters. The first kappa shape index (κ1) is 15.6. The molecule has 2 N–H and O–H groups in total. The number of carbonyl (C=O) groups is 2. The third-order valence-corrected chi connectivity index (χ3v) is 3.79. The van der Waals surface area contributed by atoms with E-state index < -0.39 is 17.9 Å². The minimum atomic E-state index is -1.33. The van der Waals surface area contributed by atoms with Crippen molar-refractivity contribution in [3.05, 3.63) is 94.9 Å². The fourth-order valence-corrected chi connectivity index (χ4v) is 2.75. The second-order valence-electron chi connectivity index (χ2n) is 5.25. The van der Waals surface area contributed by atoms with Crippen molar-refractivity contribution in [3.8, 4) is 0 Å². The maximum Gasteiger partial charge on any atom is 0.340 e. The summed E-state index contributed by atoms with van der Waals surface area (Å²) in [5.41, 5.74) is 0.963. The van der Waals surface area contributed by atoms with Gasteiger partial charge in [0, 0.05) is 0 Å². The molecule has 0 spiro atoms. The van der Waals surface area contributed by atoms with Crippen LogP contribution in [-0.2, 0) is 0 Å². The van der Waals surface area contributed by atoms with Gasteiger partial charge in [0.1, 0.15) is 23.2 Å². The van der Waals surface area contributed by atoms with Crippen molar-refractivity contribution in [1.29, 1.82) is 0 Å². The molecule has 24 heavy (non-hydrogen) atoms. The van der Waals surface area contributed by atoms with Crippen LogP contribution in [0.1, 0.15) is 43.5 Å². The van der Waals surface area contributed by atoms with Crippen molar-refractivity contribution in [3.63, 3.8) is 0 Å². The van der Waals surface area contributed by atoms with E-state index in [4.69, 9.17) is 4.42 Å². The Morgan fingerprint density at radius 1 is 0.792 bits per heavy atom. The molecule has 0 bridgehead atoms. The molecule has 0 radical (unpaired) electrons. The van der Waals surface area contributed by atoms with Gasteiger partial charge in [0.05, 0.1) is 5.92 Å². The number of carboxylic acids is 2. The Morgan fingerprint density at radius 3 is 1.71 bits per heavy atom. The van der Waals surface area contributed by atoms with Crippen LogP contribution in [0.3, 0.4) is 0 Å². The first-order valence-corrected chi connectivity index (χ1v) is 7.27. The van der Waals surface area contributed by atoms with Crippen LogP contribution < -0.4 is 0 Å². The van der Waals surface area contributed by atoms with E-state index in [2.05, 4.69) is 0 Å². The zero-order chi connectivity index (χ0) is 17.1. The molecule has 3 rings (SSSR count). The van der Waals surface area contributed by atoms with Crippen molar-refractivity contribution < 1.29 is 24.2 Å². The molecule has 5 nitrogen and oxygen atoms in total. The topological polar surface area (TPSA) is 87.7 Å². The molecule has 3 aromatic rings. The Morgan fingerprint density at radius 2 is 1.29 bits per heavy atom. The minimum Gasteiger partial charge on any atom is -0.478 e. The number of benzene rings is 2. The Bertz CT molecular complexity index is 826. The number of carboxylic acid groups (broad SMARTS) is 2. The third kappa shape index (κ3) is 2.79. The van der Waals surface area contributed by atoms with Gasteiger partial charge in [0.2, 0.25) is 0 Å². The molecule has 0 atom stereocenters. The van der Waals surface area contributed by atoms with Gasteiger partial charge < -0.3 is 14.6 Å². The van der Waals surface area contributed by atoms with Gasteiger partial charge >= 0.3 is 11.9 Å². The fourth-order valence-electron chi connectivity index (χ4n) is 2.75. The monoisotopic (exact) mass is 322 g/mol. The summed E-state index contributed by atoms with van der Waals surface area (Å²) in [5.74, 6) is -3.06. The predicted molar refractivity (Wildman–Crippen MR) is 86.5 cm³/mol. The van der Waals surface area contributed by atoms with Crippen molar-refractivity contribution in [2.75, 3.05) is 0 Å². The normalized spacial score (nSPS) is 10.7. The number of rotatable bonds is 5. The average Bonchev–Trinajstić information content (AvgIpc) is 3.02. The number of aromatic carboxylic acids is 2. The lowest BCUT2D eigenvalue weighted by Crippen LogP contribution is -2.11. The van der Waals surface area contributed by atoms with Crippen molar-refractivity contribution >= 4 is 11.9 Å². The number of furan rings is 1. The van der Waals surface area contributed by atoms with Crippen LogP contribution in [-0.4, -0.2) is 22.2 Å². The summed E-state index contributed by atoms with van der Waals surface area (Å²) in [7, 11) is 0. The van der Waals surface area contributed by atoms with Crippen LogP contribution in [0.25, 0.3) is 0 Å². The summed E-state index contributed by atoms with van der Waals surface area (Å²) < 4.78 is 5.43. The number of hydrogen-bond donors (Lipinski definition) is 2. The minimum absolute atomic E-state index is 0.109. The second kappa shape index (κ2) is 6.42. The second-order valence-corrected chi connectivity index (χ2v) is 5.25. The summed E-state index contributed by atoms with van der Waals surface area (Å²) in [6.07, 6.45) is 0.986. The van der Waals surface area contributed by atoms with E-state index in [1.165, 1.54) is 0 Å². The molecule has 0 aliphatic heterocycles. The van der Waals surface area contributed by atoms with Crippen LogP contribution >= 0.6 is 0 Å². The molecule has 0 saturated carbocycles. The molecule has 2 aromatic carbocycles. The summed E-state index contributed by atoms with van der Waals surface area (Å²) in [5, 5.41) is 18.7. The highest BCUT2D eigenvalue weighted by Crippen LogP contribution is 2.36. The smallest absolute Gasteiger partial charge is 0.340 e. The van der Waals surface area contributed by atoms with E-state index in [0.29, 0.717) is 0 Å². The van der Waals surface area contributed by atoms with E-state index in [1.807, 2.05) is 60.7 Å². The van der Waals surface area contributed by atoms with Gasteiger partial charge in [-0.25, -0.2) is 9.59 Å². The van der Waals surface area contributed by atoms with Crippen LogP contribution in [0.15, 0.2) is 71.3 Å². The van der Waals surface area contributed by atoms with Crippen LogP contribution in [0.2, 0.25) is 0 Å². The zero-order valence-corrected chi connectivity index (χ0v) is 12.5. The SMILES string of the molecule is O=C(O)c1coc(C(c2ccccc2)c2ccccc2)c1C(=O)O. The maximum atomic E-state index is 11.7. The van der Waals surface area contributed by atoms with E-state index in [1.54, 1.807) is 0 Å². The van der Waals surface area contributed by atoms with Crippen LogP contribution in [0.4, 0.5) is 0 Å². The summed E-state index contributed by atoms with van der Waals surface area (Å²) in [6.45, 7) is 0. The van der Waals surface area contributed by atoms with Crippen molar-refractivity contribution in [1.82, 2.24) is 0 Å². The summed E-state index contributed by atoms with van der Waals surface area (Å²) >= 11 is 0. The first-order chi connectivity index (χ1) is 11.6. The quantitative estimate of drug-likeness (QED) is 0.745. The lowest BCUT2D eigenvalue weighted by Gasteiger charge is -2.17. The molecule has 0 saturated heterocycles. The number of hydrogen-bond acceptors (Lipinski definition) is 3. The average molecular weight is 322 g/mol. The van der Waals surface area contributed by atoms with E-state index in [-0.39, 0.29) is 16.9 Å². The Kier molecular flexibility index (Phi) is 4.16. The molecular weight excluding hydrogens is 308 g/mol. The van der Waals surface area contributed by atoms with Crippen molar-refractivity contribution in [2.24, 2.45) is 0 Å². The van der Waals surface area contributed by atoms with Gasteiger partial charge in [-0.15, -0.1) is 0 Å². The van der Waals surface area contributed by atoms with E-state index in [9.17, 15) is 19.8 Å². The van der Waals surface area contributed by atoms with Gasteiger partial charge in [0.15, 0.2) is 0 Å². The lowest BCUT2D eigenvalue weighted by atomic mass is 9.87. The highest BCUT2D eigenvalue weighted by atomic mass is 16.4. The molecule has 0 aliphatic carbocycles. The standard InChI is InChI=1S/C19H14O5/c20-18(21)14-11-24-17(16(14)19(22)23)15(12-7-3-1-4-8-12)13-9-5-2-6-10-13/h1-11,15H,(H,20,21)(H,22,23). The zero-order valence-electron chi connectivity index (χ0n) is 12.5. The molecule has 5 heteroatoms. The Balaban J connectivity index is 2.25. The molecule has 1 heterocycles. The highest BCUT2D eigenvalue weighted by molar-refractivity contribution is 6.02. The Labute approximate surface area is 137 Å². The van der Waals surface area contributed by atoms with E-state index in [0.717, 1.165) is 17.4 Å². The Hall–Kier alpha value is -3.34. The van der Waals surface area contributed by atoms with Gasteiger partial charge in [-0.3, -0.25) is 0 Å². The fraction of sp³-hybridized carbons (Fsp3) is 0.0526. The van der Waals surface area contributed by atoms with Crippen molar-refractivity contribution in [2.45, 2.75) is 5.92 Å². The van der Waals surface area contributed by atoms with Crippen LogP contribution in [0.5, 0.6) is 0 Å². The van der Waals surface area contributed by atoms with Gasteiger partial charge in [-0.05, 0) is 11.1 Å². The van der Waals surface area contributed by atoms with Gasteiger partial charge in [0.25, 0.3) is 0 Å². The summed E-state index contributed by atoms with van der Waals surface area (Å²) in [6, 6.07) is 18.5. The first-order valence-electron chi connectivity index (χ1n) is 7.27. The molecule has 1 aromatic heterocycles. The molecular formula is C19H14O5. The largest absolute Gasteiger partial charge is 0.478 e. The predicted octanol–water partition coefficient (Wildman–Crippen LogP) is 3.86. The highest BCUT2D eigenvalue weighted by Gasteiger charge is 2.31. The molecule has 0 aliphatic rings. The molecule has 0 fully saturated rings. The summed E-state index contributed by atoms with van der Waals surface area (Å²) in [4.78, 5) is 23.0. The van der Waals surface area contributed by atoms with Crippen LogP contribution in [0, 0.1) is 0 Å². The van der Waals surface area contributed by atoms with Gasteiger partial charge in [-0.2, -0.15) is 0 Å². The maximum absolute atomic E-state index is 11.7. The van der Waals surface area contributed by atoms with E-state index >= 15 is 0 Å². The molecule has 0 amide bonds. The third-order valence-electron chi connectivity index (χ3n) is 3.79. The lowest BCUT2D eigenvalue weighted by molar-refractivity contribution is 0.0652. The molecule has 120 valence electrons.